The molecule has 1 aromatic heterocycles. The average Bonchev–Trinajstić information content (AvgIpc) is 2.19. The van der Waals surface area contributed by atoms with Gasteiger partial charge in [0.2, 0.25) is 0 Å². The maximum absolute atomic E-state index is 4.19. The highest BCUT2D eigenvalue weighted by atomic mass is 79.9. The predicted octanol–water partition coefficient (Wildman–Crippen LogP) is 2.31. The highest BCUT2D eigenvalue weighted by Gasteiger charge is 2.15. The highest BCUT2D eigenvalue weighted by Crippen LogP contribution is 2.25. The minimum atomic E-state index is 0.700. The Morgan fingerprint density at radius 3 is 2.77 bits per heavy atom. The Balaban J connectivity index is 2.14. The third kappa shape index (κ3) is 2.29. The van der Waals surface area contributed by atoms with Crippen molar-refractivity contribution in [2.75, 3.05) is 13.1 Å². The number of nitrogens with zero attached hydrogens (tertiary/aromatic N) is 1. The number of rotatable bonds is 1. The van der Waals surface area contributed by atoms with E-state index >= 15 is 0 Å². The smallest absolute Gasteiger partial charge is 0.0410 e. The molecule has 1 fully saturated rings. The van der Waals surface area contributed by atoms with Gasteiger partial charge in [0.25, 0.3) is 0 Å². The molecular formula is C10H13BrN2. The van der Waals surface area contributed by atoms with E-state index in [-0.39, 0.29) is 0 Å². The fraction of sp³-hybridized carbons (Fsp3) is 0.500. The Kier molecular flexibility index (Phi) is 2.96. The second-order valence-corrected chi connectivity index (χ2v) is 4.38. The van der Waals surface area contributed by atoms with Crippen LogP contribution in [0.5, 0.6) is 0 Å². The standard InChI is InChI=1S/C10H13BrN2/c11-10-5-9(6-13-7-10)8-1-3-12-4-2-8/h5-8,12H,1-4H2. The second kappa shape index (κ2) is 4.20. The van der Waals surface area contributed by atoms with Crippen molar-refractivity contribution in [3.05, 3.63) is 28.5 Å². The third-order valence-corrected chi connectivity index (χ3v) is 2.97. The quantitative estimate of drug-likeness (QED) is 0.816. The first-order chi connectivity index (χ1) is 6.36. The summed E-state index contributed by atoms with van der Waals surface area (Å²) in [4.78, 5) is 4.19. The molecule has 0 unspecified atom stereocenters. The van der Waals surface area contributed by atoms with Crippen LogP contribution in [0.3, 0.4) is 0 Å². The summed E-state index contributed by atoms with van der Waals surface area (Å²) in [7, 11) is 0. The van der Waals surface area contributed by atoms with Crippen LogP contribution in [-0.4, -0.2) is 18.1 Å². The molecule has 0 radical (unpaired) electrons. The van der Waals surface area contributed by atoms with Crippen molar-refractivity contribution < 1.29 is 0 Å². The zero-order chi connectivity index (χ0) is 9.10. The fourth-order valence-electron chi connectivity index (χ4n) is 1.81. The number of hydrogen-bond donors (Lipinski definition) is 1. The SMILES string of the molecule is Brc1cncc(C2CCNCC2)c1. The molecule has 1 aliphatic heterocycles. The van der Waals surface area contributed by atoms with E-state index in [9.17, 15) is 0 Å². The average molecular weight is 241 g/mol. The van der Waals surface area contributed by atoms with Crippen molar-refractivity contribution in [2.24, 2.45) is 0 Å². The number of pyridine rings is 1. The van der Waals surface area contributed by atoms with Crippen LogP contribution in [0.15, 0.2) is 22.9 Å². The maximum Gasteiger partial charge on any atom is 0.0410 e. The van der Waals surface area contributed by atoms with E-state index < -0.39 is 0 Å². The molecule has 2 nitrogen and oxygen atoms in total. The molecule has 2 heterocycles. The van der Waals surface area contributed by atoms with Crippen molar-refractivity contribution in [3.63, 3.8) is 0 Å². The monoisotopic (exact) mass is 240 g/mol. The summed E-state index contributed by atoms with van der Waals surface area (Å²) in [5.74, 6) is 0.700. The van der Waals surface area contributed by atoms with Gasteiger partial charge in [-0.25, -0.2) is 0 Å². The van der Waals surface area contributed by atoms with Gasteiger partial charge in [0.05, 0.1) is 0 Å². The molecule has 0 amide bonds. The Labute approximate surface area is 86.9 Å². The lowest BCUT2D eigenvalue weighted by atomic mass is 9.91. The topological polar surface area (TPSA) is 24.9 Å². The molecule has 0 bridgehead atoms. The van der Waals surface area contributed by atoms with E-state index in [1.807, 2.05) is 12.4 Å². The van der Waals surface area contributed by atoms with Crippen LogP contribution in [0.25, 0.3) is 0 Å². The van der Waals surface area contributed by atoms with E-state index in [1.54, 1.807) is 0 Å². The van der Waals surface area contributed by atoms with Gasteiger partial charge in [-0.2, -0.15) is 0 Å². The first-order valence-corrected chi connectivity index (χ1v) is 5.47. The molecule has 0 aliphatic carbocycles. The first-order valence-electron chi connectivity index (χ1n) is 4.67. The van der Waals surface area contributed by atoms with Crippen molar-refractivity contribution in [1.82, 2.24) is 10.3 Å². The lowest BCUT2D eigenvalue weighted by Crippen LogP contribution is -2.26. The summed E-state index contributed by atoms with van der Waals surface area (Å²) in [5, 5.41) is 3.37. The second-order valence-electron chi connectivity index (χ2n) is 3.46. The van der Waals surface area contributed by atoms with Gasteiger partial charge in [-0.05, 0) is 59.4 Å². The molecule has 1 N–H and O–H groups in total. The van der Waals surface area contributed by atoms with Crippen molar-refractivity contribution in [2.45, 2.75) is 18.8 Å². The molecule has 70 valence electrons. The van der Waals surface area contributed by atoms with Gasteiger partial charge in [0, 0.05) is 16.9 Å². The number of nitrogens with one attached hydrogen (secondary N) is 1. The van der Waals surface area contributed by atoms with Crippen LogP contribution in [0.1, 0.15) is 24.3 Å². The maximum atomic E-state index is 4.19. The zero-order valence-electron chi connectivity index (χ0n) is 7.46. The van der Waals surface area contributed by atoms with Gasteiger partial charge >= 0.3 is 0 Å². The van der Waals surface area contributed by atoms with Crippen molar-refractivity contribution in [1.29, 1.82) is 0 Å². The van der Waals surface area contributed by atoms with Crippen molar-refractivity contribution in [3.8, 4) is 0 Å². The summed E-state index contributed by atoms with van der Waals surface area (Å²) in [6.07, 6.45) is 6.29. The van der Waals surface area contributed by atoms with Crippen LogP contribution in [0.4, 0.5) is 0 Å². The normalized spacial score (nSPS) is 18.8. The van der Waals surface area contributed by atoms with Crippen LogP contribution in [0, 0.1) is 0 Å². The number of aromatic nitrogens is 1. The number of hydrogen-bond acceptors (Lipinski definition) is 2. The molecule has 3 heteroatoms. The van der Waals surface area contributed by atoms with Gasteiger partial charge in [0.1, 0.15) is 0 Å². The molecule has 0 aromatic carbocycles. The summed E-state index contributed by atoms with van der Waals surface area (Å²) in [6.45, 7) is 2.27. The Morgan fingerprint density at radius 2 is 2.08 bits per heavy atom. The minimum absolute atomic E-state index is 0.700. The van der Waals surface area contributed by atoms with Gasteiger partial charge < -0.3 is 5.32 Å². The molecule has 2 rings (SSSR count). The summed E-state index contributed by atoms with van der Waals surface area (Å²) in [5.41, 5.74) is 1.37. The predicted molar refractivity (Wildman–Crippen MR) is 56.8 cm³/mol. The van der Waals surface area contributed by atoms with Gasteiger partial charge in [-0.3, -0.25) is 4.98 Å². The molecular weight excluding hydrogens is 228 g/mol. The Hall–Kier alpha value is -0.410. The Morgan fingerprint density at radius 1 is 1.31 bits per heavy atom. The zero-order valence-corrected chi connectivity index (χ0v) is 9.05. The van der Waals surface area contributed by atoms with E-state index in [0.717, 1.165) is 17.6 Å². The molecule has 0 spiro atoms. The summed E-state index contributed by atoms with van der Waals surface area (Å²) < 4.78 is 1.09. The third-order valence-electron chi connectivity index (χ3n) is 2.54. The largest absolute Gasteiger partial charge is 0.317 e. The molecule has 1 aromatic rings. The molecule has 1 saturated heterocycles. The van der Waals surface area contributed by atoms with E-state index in [2.05, 4.69) is 32.3 Å². The molecule has 0 atom stereocenters. The van der Waals surface area contributed by atoms with Gasteiger partial charge in [-0.15, -0.1) is 0 Å². The fourth-order valence-corrected chi connectivity index (χ4v) is 2.19. The van der Waals surface area contributed by atoms with Crippen LogP contribution in [-0.2, 0) is 0 Å². The highest BCUT2D eigenvalue weighted by molar-refractivity contribution is 9.10. The minimum Gasteiger partial charge on any atom is -0.317 e. The van der Waals surface area contributed by atoms with E-state index in [0.29, 0.717) is 5.92 Å². The number of halogens is 1. The Bertz CT molecular complexity index is 282. The van der Waals surface area contributed by atoms with Crippen molar-refractivity contribution >= 4 is 15.9 Å². The first kappa shape index (κ1) is 9.16. The van der Waals surface area contributed by atoms with E-state index in [4.69, 9.17) is 0 Å². The lowest BCUT2D eigenvalue weighted by molar-refractivity contribution is 0.459. The molecule has 1 aliphatic rings. The number of piperidine rings is 1. The summed E-state index contributed by atoms with van der Waals surface area (Å²) in [6, 6.07) is 2.18. The summed E-state index contributed by atoms with van der Waals surface area (Å²) >= 11 is 3.45. The van der Waals surface area contributed by atoms with Gasteiger partial charge in [-0.1, -0.05) is 0 Å². The van der Waals surface area contributed by atoms with Crippen LogP contribution < -0.4 is 5.32 Å². The lowest BCUT2D eigenvalue weighted by Gasteiger charge is -2.22. The van der Waals surface area contributed by atoms with Crippen LogP contribution in [0.2, 0.25) is 0 Å². The van der Waals surface area contributed by atoms with E-state index in [1.165, 1.54) is 18.4 Å². The molecule has 0 saturated carbocycles. The van der Waals surface area contributed by atoms with Gasteiger partial charge in [0.15, 0.2) is 0 Å². The van der Waals surface area contributed by atoms with Crippen LogP contribution >= 0.6 is 15.9 Å². The molecule has 13 heavy (non-hydrogen) atoms.